The van der Waals surface area contributed by atoms with Crippen LogP contribution in [-0.2, 0) is 26.2 Å². The Bertz CT molecular complexity index is 143. The van der Waals surface area contributed by atoms with E-state index >= 15 is 0 Å². The monoisotopic (exact) mass is 218 g/mol. The predicted octanol–water partition coefficient (Wildman–Crippen LogP) is -2.24. The molecule has 46 valence electrons. The molecular formula is C6H5ClOZr. The molecule has 1 aromatic rings. The van der Waals surface area contributed by atoms with Crippen LogP contribution in [0.15, 0.2) is 30.3 Å². The van der Waals surface area contributed by atoms with Gasteiger partial charge in [-0.15, -0.1) is 5.75 Å². The summed E-state index contributed by atoms with van der Waals surface area (Å²) in [4.78, 5) is 0. The Kier molecular flexibility index (Phi) is 8.37. The minimum Gasteiger partial charge on any atom is -1.00 e. The number of halogens is 1. The van der Waals surface area contributed by atoms with Crippen molar-refractivity contribution in [1.82, 2.24) is 0 Å². The first kappa shape index (κ1) is 11.9. The topological polar surface area (TPSA) is 23.1 Å². The zero-order valence-corrected chi connectivity index (χ0v) is 7.89. The Morgan fingerprint density at radius 3 is 1.67 bits per heavy atom. The van der Waals surface area contributed by atoms with Crippen LogP contribution in [0.3, 0.4) is 0 Å². The van der Waals surface area contributed by atoms with Gasteiger partial charge in [0.05, 0.1) is 0 Å². The predicted molar refractivity (Wildman–Crippen MR) is 25.9 cm³/mol. The Morgan fingerprint density at radius 1 is 1.00 bits per heavy atom. The van der Waals surface area contributed by atoms with Crippen LogP contribution < -0.4 is 17.5 Å². The molecule has 9 heavy (non-hydrogen) atoms. The van der Waals surface area contributed by atoms with E-state index in [4.69, 9.17) is 0 Å². The Labute approximate surface area is 79.6 Å². The van der Waals surface area contributed by atoms with Crippen LogP contribution >= 0.6 is 0 Å². The van der Waals surface area contributed by atoms with E-state index in [2.05, 4.69) is 0 Å². The van der Waals surface area contributed by atoms with E-state index < -0.39 is 0 Å². The molecule has 0 saturated heterocycles. The summed E-state index contributed by atoms with van der Waals surface area (Å²) in [7, 11) is 0. The average molecular weight is 220 g/mol. The zero-order valence-electron chi connectivity index (χ0n) is 4.67. The van der Waals surface area contributed by atoms with E-state index in [0.717, 1.165) is 0 Å². The number of para-hydroxylation sites is 1. The van der Waals surface area contributed by atoms with Crippen molar-refractivity contribution in [2.24, 2.45) is 0 Å². The summed E-state index contributed by atoms with van der Waals surface area (Å²) in [5.74, 6) is 0.0718. The summed E-state index contributed by atoms with van der Waals surface area (Å²) in [6, 6.07) is 8.33. The van der Waals surface area contributed by atoms with E-state index in [1.54, 1.807) is 12.1 Å². The number of hydrogen-bond acceptors (Lipinski definition) is 1. The van der Waals surface area contributed by atoms with Gasteiger partial charge >= 0.3 is 26.2 Å². The van der Waals surface area contributed by atoms with Crippen molar-refractivity contribution >= 4 is 0 Å². The molecule has 0 fully saturated rings. The fourth-order valence-electron chi connectivity index (χ4n) is 0.420. The van der Waals surface area contributed by atoms with Gasteiger partial charge in [0, 0.05) is 0 Å². The molecule has 0 saturated carbocycles. The first-order chi connectivity index (χ1) is 3.39. The fourth-order valence-corrected chi connectivity index (χ4v) is 0.420. The van der Waals surface area contributed by atoms with Crippen LogP contribution in [0.1, 0.15) is 0 Å². The molecule has 0 aliphatic heterocycles. The van der Waals surface area contributed by atoms with Crippen molar-refractivity contribution < 1.29 is 43.7 Å². The second-order valence-electron chi connectivity index (χ2n) is 1.31. The Morgan fingerprint density at radius 2 is 1.44 bits per heavy atom. The van der Waals surface area contributed by atoms with E-state index in [1.165, 1.54) is 12.1 Å². The fraction of sp³-hybridized carbons (Fsp3) is 0. The second kappa shape index (κ2) is 6.32. The smallest absolute Gasteiger partial charge is 1.00 e. The SMILES string of the molecule is [Cl-].[O-]c1ccccc1.[Zr+2]. The second-order valence-corrected chi connectivity index (χ2v) is 1.31. The summed E-state index contributed by atoms with van der Waals surface area (Å²) in [5, 5.41) is 10.3. The van der Waals surface area contributed by atoms with Crippen molar-refractivity contribution in [3.05, 3.63) is 30.3 Å². The van der Waals surface area contributed by atoms with Gasteiger partial charge in [-0.25, -0.2) is 0 Å². The third-order valence-electron chi connectivity index (χ3n) is 0.743. The maximum absolute atomic E-state index is 10.3. The standard InChI is InChI=1S/C6H6O.ClH.Zr/c7-6-4-2-1-3-5-6;;/h1-5,7H;1H;/q;;+2/p-2. The molecule has 1 rings (SSSR count). The van der Waals surface area contributed by atoms with Crippen molar-refractivity contribution in [1.29, 1.82) is 0 Å². The minimum absolute atomic E-state index is 0. The first-order valence-electron chi connectivity index (χ1n) is 2.11. The van der Waals surface area contributed by atoms with Gasteiger partial charge in [0.25, 0.3) is 0 Å². The molecule has 3 heteroatoms. The maximum atomic E-state index is 10.3. The minimum atomic E-state index is 0. The number of benzene rings is 1. The molecule has 0 amide bonds. The quantitative estimate of drug-likeness (QED) is 0.484. The third-order valence-corrected chi connectivity index (χ3v) is 0.743. The summed E-state index contributed by atoms with van der Waals surface area (Å²) in [6.45, 7) is 0. The van der Waals surface area contributed by atoms with Gasteiger partial charge in [0.15, 0.2) is 0 Å². The molecule has 0 unspecified atom stereocenters. The van der Waals surface area contributed by atoms with Gasteiger partial charge in [0.2, 0.25) is 0 Å². The largest absolute Gasteiger partial charge is 2.00 e. The molecule has 0 aromatic heterocycles. The van der Waals surface area contributed by atoms with Gasteiger partial charge in [0.1, 0.15) is 0 Å². The van der Waals surface area contributed by atoms with Crippen molar-refractivity contribution in [3.8, 4) is 5.75 Å². The Balaban J connectivity index is 0. The summed E-state index contributed by atoms with van der Waals surface area (Å²) >= 11 is 0. The van der Waals surface area contributed by atoms with E-state index in [9.17, 15) is 5.11 Å². The van der Waals surface area contributed by atoms with Crippen LogP contribution in [0.4, 0.5) is 0 Å². The molecular weight excluding hydrogens is 215 g/mol. The third kappa shape index (κ3) is 4.68. The average Bonchev–Trinajstić information content (AvgIpc) is 1.69. The summed E-state index contributed by atoms with van der Waals surface area (Å²) in [5.41, 5.74) is 0. The number of hydrogen-bond donors (Lipinski definition) is 0. The van der Waals surface area contributed by atoms with Gasteiger partial charge < -0.3 is 17.5 Å². The van der Waals surface area contributed by atoms with Gasteiger partial charge in [-0.05, 0) is 0 Å². The van der Waals surface area contributed by atoms with Gasteiger partial charge in [-0.3, -0.25) is 0 Å². The van der Waals surface area contributed by atoms with E-state index in [1.807, 2.05) is 6.07 Å². The van der Waals surface area contributed by atoms with Crippen molar-refractivity contribution in [2.75, 3.05) is 0 Å². The number of rotatable bonds is 0. The van der Waals surface area contributed by atoms with Gasteiger partial charge in [-0.1, -0.05) is 30.3 Å². The van der Waals surface area contributed by atoms with Crippen LogP contribution in [-0.4, -0.2) is 0 Å². The molecule has 0 bridgehead atoms. The Hall–Kier alpha value is 0.193. The molecule has 0 atom stereocenters. The van der Waals surface area contributed by atoms with E-state index in [0.29, 0.717) is 0 Å². The van der Waals surface area contributed by atoms with E-state index in [-0.39, 0.29) is 44.4 Å². The molecule has 0 aliphatic carbocycles. The molecule has 1 aromatic carbocycles. The normalized spacial score (nSPS) is 6.67. The molecule has 0 heterocycles. The molecule has 0 N–H and O–H groups in total. The van der Waals surface area contributed by atoms with Crippen molar-refractivity contribution in [3.63, 3.8) is 0 Å². The molecule has 0 radical (unpaired) electrons. The molecule has 1 nitrogen and oxygen atoms in total. The van der Waals surface area contributed by atoms with Crippen LogP contribution in [0.25, 0.3) is 0 Å². The zero-order chi connectivity index (χ0) is 5.11. The van der Waals surface area contributed by atoms with Gasteiger partial charge in [-0.2, -0.15) is 0 Å². The molecule has 0 aliphatic rings. The maximum Gasteiger partial charge on any atom is 2.00 e. The molecule has 0 spiro atoms. The van der Waals surface area contributed by atoms with Crippen LogP contribution in [0.2, 0.25) is 0 Å². The first-order valence-corrected chi connectivity index (χ1v) is 2.11. The van der Waals surface area contributed by atoms with Crippen LogP contribution in [0.5, 0.6) is 5.75 Å². The summed E-state index contributed by atoms with van der Waals surface area (Å²) in [6.07, 6.45) is 0. The van der Waals surface area contributed by atoms with Crippen molar-refractivity contribution in [2.45, 2.75) is 0 Å². The van der Waals surface area contributed by atoms with Crippen LogP contribution in [0, 0.1) is 0 Å². The summed E-state index contributed by atoms with van der Waals surface area (Å²) < 4.78 is 0.